The van der Waals surface area contributed by atoms with Crippen LogP contribution in [0, 0.1) is 6.92 Å². The topological polar surface area (TPSA) is 12.9 Å². The molecule has 0 radical (unpaired) electrons. The van der Waals surface area contributed by atoms with Gasteiger partial charge in [-0.2, -0.15) is 0 Å². The molecule has 0 atom stereocenters. The molecule has 3 aromatic rings. The Labute approximate surface area is 135 Å². The van der Waals surface area contributed by atoms with Crippen molar-refractivity contribution in [2.24, 2.45) is 0 Å². The minimum Gasteiger partial charge on any atom is -0.248 e. The molecule has 0 aliphatic carbocycles. The number of hydrogen-bond acceptors (Lipinski definition) is 2. The number of hydrogen-bond donors (Lipinski definition) is 0. The van der Waals surface area contributed by atoms with Crippen LogP contribution < -0.4 is 0 Å². The molecule has 0 saturated heterocycles. The summed E-state index contributed by atoms with van der Waals surface area (Å²) in [5, 5.41) is 3.29. The molecule has 110 valence electrons. The highest BCUT2D eigenvalue weighted by molar-refractivity contribution is 7.10. The SMILES string of the molecule is C=C(C(=C(C)C)c1ccsc1C)c1ccc2ccccc2n1. The van der Waals surface area contributed by atoms with E-state index < -0.39 is 0 Å². The van der Waals surface area contributed by atoms with Gasteiger partial charge >= 0.3 is 0 Å². The zero-order valence-electron chi connectivity index (χ0n) is 13.2. The fraction of sp³-hybridized carbons (Fsp3) is 0.150. The molecule has 0 fully saturated rings. The van der Waals surface area contributed by atoms with Crippen molar-refractivity contribution < 1.29 is 0 Å². The van der Waals surface area contributed by atoms with Crippen molar-refractivity contribution >= 4 is 33.4 Å². The van der Waals surface area contributed by atoms with Crippen molar-refractivity contribution in [1.82, 2.24) is 4.98 Å². The quantitative estimate of drug-likeness (QED) is 0.532. The summed E-state index contributed by atoms with van der Waals surface area (Å²) in [6.07, 6.45) is 0. The third-order valence-electron chi connectivity index (χ3n) is 3.84. The summed E-state index contributed by atoms with van der Waals surface area (Å²) in [5.41, 5.74) is 6.69. The second kappa shape index (κ2) is 5.90. The third-order valence-corrected chi connectivity index (χ3v) is 4.68. The van der Waals surface area contributed by atoms with E-state index in [2.05, 4.69) is 57.0 Å². The minimum atomic E-state index is 0.945. The summed E-state index contributed by atoms with van der Waals surface area (Å²) in [6, 6.07) is 14.5. The first-order chi connectivity index (χ1) is 10.6. The predicted octanol–water partition coefficient (Wildman–Crippen LogP) is 6.11. The number of thiophene rings is 1. The Hall–Kier alpha value is -2.19. The summed E-state index contributed by atoms with van der Waals surface area (Å²) in [5.74, 6) is 0. The van der Waals surface area contributed by atoms with Gasteiger partial charge in [0.1, 0.15) is 0 Å². The van der Waals surface area contributed by atoms with Crippen molar-refractivity contribution in [3.8, 4) is 0 Å². The summed E-state index contributed by atoms with van der Waals surface area (Å²) < 4.78 is 0. The number of nitrogens with zero attached hydrogens (tertiary/aromatic N) is 1. The van der Waals surface area contributed by atoms with E-state index in [1.54, 1.807) is 11.3 Å². The molecule has 0 saturated carbocycles. The zero-order chi connectivity index (χ0) is 15.7. The first-order valence-corrected chi connectivity index (χ1v) is 8.23. The average molecular weight is 305 g/mol. The first kappa shape index (κ1) is 14.7. The zero-order valence-corrected chi connectivity index (χ0v) is 14.0. The smallest absolute Gasteiger partial charge is 0.0709 e. The Balaban J connectivity index is 2.11. The van der Waals surface area contributed by atoms with E-state index in [-0.39, 0.29) is 0 Å². The largest absolute Gasteiger partial charge is 0.248 e. The molecule has 2 aromatic heterocycles. The second-order valence-electron chi connectivity index (χ2n) is 5.63. The van der Waals surface area contributed by atoms with Gasteiger partial charge in [-0.25, -0.2) is 4.98 Å². The van der Waals surface area contributed by atoms with Crippen molar-refractivity contribution in [3.63, 3.8) is 0 Å². The molecule has 1 nitrogen and oxygen atoms in total. The summed E-state index contributed by atoms with van der Waals surface area (Å²) in [7, 11) is 0. The molecule has 0 N–H and O–H groups in total. The lowest BCUT2D eigenvalue weighted by Gasteiger charge is -2.14. The number of benzene rings is 1. The van der Waals surface area contributed by atoms with Crippen molar-refractivity contribution in [1.29, 1.82) is 0 Å². The average Bonchev–Trinajstić information content (AvgIpc) is 2.92. The number of aromatic nitrogens is 1. The maximum atomic E-state index is 4.79. The molecular weight excluding hydrogens is 286 g/mol. The maximum Gasteiger partial charge on any atom is 0.0709 e. The fourth-order valence-corrected chi connectivity index (χ4v) is 3.45. The van der Waals surface area contributed by atoms with Gasteiger partial charge in [0.15, 0.2) is 0 Å². The van der Waals surface area contributed by atoms with Gasteiger partial charge in [0, 0.05) is 15.8 Å². The summed E-state index contributed by atoms with van der Waals surface area (Å²) in [4.78, 5) is 6.11. The van der Waals surface area contributed by atoms with E-state index in [1.807, 2.05) is 18.2 Å². The van der Waals surface area contributed by atoms with Crippen LogP contribution in [0.3, 0.4) is 0 Å². The minimum absolute atomic E-state index is 0.945. The predicted molar refractivity (Wildman–Crippen MR) is 98.1 cm³/mol. The Bertz CT molecular complexity index is 879. The molecule has 0 bridgehead atoms. The standard InChI is InChI=1S/C20H19NS/c1-13(2)20(17-11-12-22-15(17)4)14(3)18-10-9-16-7-5-6-8-19(16)21-18/h5-12H,3H2,1-2,4H3. The highest BCUT2D eigenvalue weighted by Crippen LogP contribution is 2.35. The van der Waals surface area contributed by atoms with Gasteiger partial charge in [-0.05, 0) is 55.5 Å². The van der Waals surface area contributed by atoms with Crippen molar-refractivity contribution in [2.75, 3.05) is 0 Å². The Morgan fingerprint density at radius 1 is 1.05 bits per heavy atom. The number of para-hydroxylation sites is 1. The van der Waals surface area contributed by atoms with Gasteiger partial charge in [-0.15, -0.1) is 11.3 Å². The van der Waals surface area contributed by atoms with Gasteiger partial charge in [0.2, 0.25) is 0 Å². The van der Waals surface area contributed by atoms with E-state index in [1.165, 1.54) is 21.6 Å². The lowest BCUT2D eigenvalue weighted by atomic mass is 9.93. The molecule has 2 heteroatoms. The van der Waals surface area contributed by atoms with E-state index in [4.69, 9.17) is 4.98 Å². The van der Waals surface area contributed by atoms with Gasteiger partial charge in [-0.3, -0.25) is 0 Å². The van der Waals surface area contributed by atoms with Gasteiger partial charge in [0.25, 0.3) is 0 Å². The molecule has 0 aliphatic heterocycles. The Kier molecular flexibility index (Phi) is 3.95. The van der Waals surface area contributed by atoms with Gasteiger partial charge in [-0.1, -0.05) is 36.4 Å². The lowest BCUT2D eigenvalue weighted by molar-refractivity contribution is 1.33. The van der Waals surface area contributed by atoms with Gasteiger partial charge in [0.05, 0.1) is 11.2 Å². The summed E-state index contributed by atoms with van der Waals surface area (Å²) in [6.45, 7) is 10.8. The maximum absolute atomic E-state index is 4.79. The normalized spacial score (nSPS) is 10.7. The second-order valence-corrected chi connectivity index (χ2v) is 6.75. The van der Waals surface area contributed by atoms with Crippen LogP contribution in [-0.4, -0.2) is 4.98 Å². The molecule has 1 aromatic carbocycles. The molecule has 0 unspecified atom stereocenters. The van der Waals surface area contributed by atoms with E-state index in [0.717, 1.165) is 22.2 Å². The van der Waals surface area contributed by atoms with Crippen LogP contribution >= 0.6 is 11.3 Å². The molecule has 0 aliphatic rings. The summed E-state index contributed by atoms with van der Waals surface area (Å²) >= 11 is 1.77. The number of allylic oxidation sites excluding steroid dienone is 3. The van der Waals surface area contributed by atoms with E-state index in [9.17, 15) is 0 Å². The highest BCUT2D eigenvalue weighted by atomic mass is 32.1. The molecule has 0 amide bonds. The van der Waals surface area contributed by atoms with Gasteiger partial charge < -0.3 is 0 Å². The van der Waals surface area contributed by atoms with Crippen molar-refractivity contribution in [3.05, 3.63) is 76.1 Å². The molecule has 22 heavy (non-hydrogen) atoms. The molecule has 2 heterocycles. The van der Waals surface area contributed by atoms with E-state index in [0.29, 0.717) is 0 Å². The van der Waals surface area contributed by atoms with Crippen LogP contribution in [0.25, 0.3) is 22.0 Å². The van der Waals surface area contributed by atoms with Crippen LogP contribution in [0.2, 0.25) is 0 Å². The fourth-order valence-electron chi connectivity index (χ4n) is 2.74. The number of pyridine rings is 1. The molecule has 0 spiro atoms. The molecular formula is C20H19NS. The molecule has 3 rings (SSSR count). The lowest BCUT2D eigenvalue weighted by Crippen LogP contribution is -1.95. The Morgan fingerprint density at radius 3 is 2.50 bits per heavy atom. The van der Waals surface area contributed by atoms with Crippen LogP contribution in [0.15, 0.2) is 60.0 Å². The Morgan fingerprint density at radius 2 is 1.82 bits per heavy atom. The number of aryl methyl sites for hydroxylation is 1. The number of fused-ring (bicyclic) bond motifs is 1. The van der Waals surface area contributed by atoms with Crippen LogP contribution in [0.4, 0.5) is 0 Å². The first-order valence-electron chi connectivity index (χ1n) is 7.35. The van der Waals surface area contributed by atoms with Crippen molar-refractivity contribution in [2.45, 2.75) is 20.8 Å². The highest BCUT2D eigenvalue weighted by Gasteiger charge is 2.14. The monoisotopic (exact) mass is 305 g/mol. The van der Waals surface area contributed by atoms with Crippen LogP contribution in [-0.2, 0) is 0 Å². The van der Waals surface area contributed by atoms with Crippen LogP contribution in [0.1, 0.15) is 30.0 Å². The third kappa shape index (κ3) is 2.62. The van der Waals surface area contributed by atoms with E-state index >= 15 is 0 Å². The van der Waals surface area contributed by atoms with Crippen LogP contribution in [0.5, 0.6) is 0 Å². The number of rotatable bonds is 3.